The van der Waals surface area contributed by atoms with Crippen LogP contribution < -0.4 is 10.1 Å². The Balaban J connectivity index is 1.31. The van der Waals surface area contributed by atoms with Gasteiger partial charge >= 0.3 is 0 Å². The highest BCUT2D eigenvalue weighted by Crippen LogP contribution is 2.47. The lowest BCUT2D eigenvalue weighted by atomic mass is 10.2. The average molecular weight is 313 g/mol. The number of amides is 1. The minimum atomic E-state index is 0.0272. The number of rotatable bonds is 8. The van der Waals surface area contributed by atoms with E-state index in [4.69, 9.17) is 9.15 Å². The quantitative estimate of drug-likeness (QED) is 0.759. The van der Waals surface area contributed by atoms with Crippen molar-refractivity contribution in [3.05, 3.63) is 54.0 Å². The topological polar surface area (TPSA) is 51.5 Å². The largest absolute Gasteiger partial charge is 0.492 e. The molecule has 0 bridgehead atoms. The summed E-state index contributed by atoms with van der Waals surface area (Å²) in [5, 5.41) is 2.87. The standard InChI is InChI=1S/C19H23NO3/c1-14-13-17(14)18-9-7-16(23-18)8-10-19(21)20-11-12-22-15-5-3-2-4-6-15/h2-7,9,14,17H,8,10-13H2,1H3,(H,20,21)/t14-,17+/m1/s1. The molecule has 2 atom stereocenters. The highest BCUT2D eigenvalue weighted by atomic mass is 16.5. The van der Waals surface area contributed by atoms with Crippen molar-refractivity contribution in [2.45, 2.75) is 32.1 Å². The fourth-order valence-corrected chi connectivity index (χ4v) is 2.65. The van der Waals surface area contributed by atoms with E-state index in [1.54, 1.807) is 0 Å². The van der Waals surface area contributed by atoms with Crippen molar-refractivity contribution in [1.29, 1.82) is 0 Å². The summed E-state index contributed by atoms with van der Waals surface area (Å²) in [7, 11) is 0. The molecule has 1 aliphatic rings. The van der Waals surface area contributed by atoms with Gasteiger partial charge in [0.25, 0.3) is 0 Å². The van der Waals surface area contributed by atoms with Crippen molar-refractivity contribution >= 4 is 5.91 Å². The first kappa shape index (κ1) is 15.7. The summed E-state index contributed by atoms with van der Waals surface area (Å²) in [5.74, 6) is 4.15. The van der Waals surface area contributed by atoms with E-state index >= 15 is 0 Å². The van der Waals surface area contributed by atoms with Crippen molar-refractivity contribution in [3.8, 4) is 5.75 Å². The Kier molecular flexibility index (Phi) is 5.01. The van der Waals surface area contributed by atoms with Crippen molar-refractivity contribution in [2.24, 2.45) is 5.92 Å². The van der Waals surface area contributed by atoms with Gasteiger partial charge in [-0.05, 0) is 36.6 Å². The zero-order chi connectivity index (χ0) is 16.1. The predicted octanol–water partition coefficient (Wildman–Crippen LogP) is 3.53. The van der Waals surface area contributed by atoms with Gasteiger partial charge in [-0.1, -0.05) is 25.1 Å². The molecule has 1 aliphatic carbocycles. The number of furan rings is 1. The van der Waals surface area contributed by atoms with Gasteiger partial charge in [-0.3, -0.25) is 4.79 Å². The zero-order valence-corrected chi connectivity index (χ0v) is 13.5. The molecule has 23 heavy (non-hydrogen) atoms. The SMILES string of the molecule is C[C@@H]1C[C@@H]1c1ccc(CCC(=O)NCCOc2ccccc2)o1. The van der Waals surface area contributed by atoms with E-state index in [1.807, 2.05) is 36.4 Å². The minimum Gasteiger partial charge on any atom is -0.492 e. The number of ether oxygens (including phenoxy) is 1. The molecule has 1 amide bonds. The minimum absolute atomic E-state index is 0.0272. The number of hydrogen-bond donors (Lipinski definition) is 1. The van der Waals surface area contributed by atoms with Gasteiger partial charge in [0, 0.05) is 18.8 Å². The number of aryl methyl sites for hydroxylation is 1. The fraction of sp³-hybridized carbons (Fsp3) is 0.421. The molecule has 0 saturated heterocycles. The van der Waals surface area contributed by atoms with Crippen LogP contribution in [0.3, 0.4) is 0 Å². The molecule has 4 heteroatoms. The van der Waals surface area contributed by atoms with E-state index in [0.717, 1.165) is 23.2 Å². The smallest absolute Gasteiger partial charge is 0.220 e. The molecule has 1 saturated carbocycles. The number of benzene rings is 1. The number of carbonyl (C=O) groups is 1. The summed E-state index contributed by atoms with van der Waals surface area (Å²) in [6.07, 6.45) is 2.31. The molecule has 0 spiro atoms. The van der Waals surface area contributed by atoms with Crippen LogP contribution >= 0.6 is 0 Å². The highest BCUT2D eigenvalue weighted by molar-refractivity contribution is 5.76. The van der Waals surface area contributed by atoms with Crippen molar-refractivity contribution < 1.29 is 13.9 Å². The fourth-order valence-electron chi connectivity index (χ4n) is 2.65. The van der Waals surface area contributed by atoms with Gasteiger partial charge in [0.1, 0.15) is 23.9 Å². The molecule has 0 aliphatic heterocycles. The van der Waals surface area contributed by atoms with Crippen LogP contribution in [0.25, 0.3) is 0 Å². The summed E-state index contributed by atoms with van der Waals surface area (Å²) in [6.45, 7) is 3.22. The second kappa shape index (κ2) is 7.36. The molecule has 3 rings (SSSR count). The van der Waals surface area contributed by atoms with E-state index in [2.05, 4.69) is 18.3 Å². The van der Waals surface area contributed by atoms with Crippen molar-refractivity contribution in [2.75, 3.05) is 13.2 Å². The molecule has 1 fully saturated rings. The van der Waals surface area contributed by atoms with E-state index in [-0.39, 0.29) is 5.91 Å². The Morgan fingerprint density at radius 3 is 2.78 bits per heavy atom. The number of para-hydroxylation sites is 1. The summed E-state index contributed by atoms with van der Waals surface area (Å²) in [4.78, 5) is 11.8. The Morgan fingerprint density at radius 2 is 2.04 bits per heavy atom. The first-order valence-corrected chi connectivity index (χ1v) is 8.25. The maximum atomic E-state index is 11.8. The van der Waals surface area contributed by atoms with Gasteiger partial charge in [0.2, 0.25) is 5.91 Å². The number of carbonyl (C=O) groups excluding carboxylic acids is 1. The first-order chi connectivity index (χ1) is 11.2. The van der Waals surface area contributed by atoms with Crippen LogP contribution in [-0.2, 0) is 11.2 Å². The van der Waals surface area contributed by atoms with E-state index < -0.39 is 0 Å². The highest BCUT2D eigenvalue weighted by Gasteiger charge is 2.36. The first-order valence-electron chi connectivity index (χ1n) is 8.25. The molecule has 1 aromatic carbocycles. The predicted molar refractivity (Wildman–Crippen MR) is 88.5 cm³/mol. The maximum absolute atomic E-state index is 11.8. The normalized spacial score (nSPS) is 19.3. The van der Waals surface area contributed by atoms with Gasteiger partial charge in [-0.15, -0.1) is 0 Å². The van der Waals surface area contributed by atoms with Crippen LogP contribution in [0.1, 0.15) is 37.2 Å². The Morgan fingerprint density at radius 1 is 1.26 bits per heavy atom. The number of nitrogens with one attached hydrogen (secondary N) is 1. The number of hydrogen-bond acceptors (Lipinski definition) is 3. The van der Waals surface area contributed by atoms with Gasteiger partial charge < -0.3 is 14.5 Å². The van der Waals surface area contributed by atoms with Crippen LogP contribution in [0.4, 0.5) is 0 Å². The van der Waals surface area contributed by atoms with Gasteiger partial charge in [-0.25, -0.2) is 0 Å². The van der Waals surface area contributed by atoms with Gasteiger partial charge in [0.05, 0.1) is 6.54 Å². The van der Waals surface area contributed by atoms with E-state index in [1.165, 1.54) is 6.42 Å². The summed E-state index contributed by atoms with van der Waals surface area (Å²) in [5.41, 5.74) is 0. The summed E-state index contributed by atoms with van der Waals surface area (Å²) >= 11 is 0. The Hall–Kier alpha value is -2.23. The second-order valence-electron chi connectivity index (χ2n) is 6.14. The van der Waals surface area contributed by atoms with Crippen molar-refractivity contribution in [1.82, 2.24) is 5.32 Å². The molecule has 0 radical (unpaired) electrons. The average Bonchev–Trinajstić information content (AvgIpc) is 3.11. The Bertz CT molecular complexity index is 635. The molecule has 1 N–H and O–H groups in total. The lowest BCUT2D eigenvalue weighted by Crippen LogP contribution is -2.28. The summed E-state index contributed by atoms with van der Waals surface area (Å²) in [6, 6.07) is 13.6. The van der Waals surface area contributed by atoms with Crippen LogP contribution in [0.5, 0.6) is 5.75 Å². The molecule has 122 valence electrons. The maximum Gasteiger partial charge on any atom is 0.220 e. The monoisotopic (exact) mass is 313 g/mol. The third-order valence-corrected chi connectivity index (χ3v) is 4.19. The molecule has 0 unspecified atom stereocenters. The van der Waals surface area contributed by atoms with E-state index in [0.29, 0.717) is 31.9 Å². The zero-order valence-electron chi connectivity index (χ0n) is 13.5. The third-order valence-electron chi connectivity index (χ3n) is 4.19. The molecule has 1 aromatic heterocycles. The van der Waals surface area contributed by atoms with Crippen LogP contribution in [-0.4, -0.2) is 19.1 Å². The van der Waals surface area contributed by atoms with Gasteiger partial charge in [0.15, 0.2) is 0 Å². The molecular weight excluding hydrogens is 290 g/mol. The molecule has 4 nitrogen and oxygen atoms in total. The summed E-state index contributed by atoms with van der Waals surface area (Å²) < 4.78 is 11.3. The van der Waals surface area contributed by atoms with Crippen molar-refractivity contribution in [3.63, 3.8) is 0 Å². The van der Waals surface area contributed by atoms with Crippen LogP contribution in [0.2, 0.25) is 0 Å². The van der Waals surface area contributed by atoms with E-state index in [9.17, 15) is 4.79 Å². The lowest BCUT2D eigenvalue weighted by Gasteiger charge is -2.07. The molecule has 2 aromatic rings. The Labute approximate surface area is 136 Å². The molecule has 1 heterocycles. The van der Waals surface area contributed by atoms with Gasteiger partial charge in [-0.2, -0.15) is 0 Å². The molecular formula is C19H23NO3. The van der Waals surface area contributed by atoms with Crippen LogP contribution in [0.15, 0.2) is 46.9 Å². The third kappa shape index (κ3) is 4.62. The lowest BCUT2D eigenvalue weighted by molar-refractivity contribution is -0.121. The van der Waals surface area contributed by atoms with Crippen LogP contribution in [0, 0.1) is 5.92 Å². The second-order valence-corrected chi connectivity index (χ2v) is 6.14.